The van der Waals surface area contributed by atoms with Gasteiger partial charge in [-0.1, -0.05) is 11.6 Å². The predicted molar refractivity (Wildman–Crippen MR) is 92.2 cm³/mol. The molecule has 0 unspecified atom stereocenters. The minimum absolute atomic E-state index is 0.0213. The summed E-state index contributed by atoms with van der Waals surface area (Å²) >= 11 is 5.82. The number of benzene rings is 1. The third-order valence-corrected chi connectivity index (χ3v) is 4.38. The van der Waals surface area contributed by atoms with Gasteiger partial charge in [-0.3, -0.25) is 9.69 Å². The van der Waals surface area contributed by atoms with E-state index < -0.39 is 0 Å². The number of halogens is 1. The van der Waals surface area contributed by atoms with Gasteiger partial charge in [0.1, 0.15) is 11.5 Å². The van der Waals surface area contributed by atoms with Gasteiger partial charge in [0, 0.05) is 11.6 Å². The summed E-state index contributed by atoms with van der Waals surface area (Å²) < 4.78 is 11.0. The number of rotatable bonds is 7. The average Bonchev–Trinajstić information content (AvgIpc) is 3.29. The normalized spacial score (nSPS) is 16.0. The van der Waals surface area contributed by atoms with E-state index in [-0.39, 0.29) is 18.6 Å². The standard InChI is InChI=1S/C18H21ClN2O3/c19-14-5-7-15(8-6-14)24-13-18(22)20-12-16(17-4-3-11-23-17)21-9-1-2-10-21/h3-8,11,16H,1-2,9-10,12-13H2,(H,20,22)/t16-/m1/s1. The molecule has 1 atom stereocenters. The first-order valence-corrected chi connectivity index (χ1v) is 8.53. The maximum atomic E-state index is 12.1. The van der Waals surface area contributed by atoms with E-state index in [9.17, 15) is 4.79 Å². The second kappa shape index (κ2) is 8.22. The van der Waals surface area contributed by atoms with E-state index in [1.165, 1.54) is 12.8 Å². The first-order chi connectivity index (χ1) is 11.7. The van der Waals surface area contributed by atoms with E-state index >= 15 is 0 Å². The summed E-state index contributed by atoms with van der Waals surface area (Å²) in [6.07, 6.45) is 4.04. The van der Waals surface area contributed by atoms with Gasteiger partial charge < -0.3 is 14.5 Å². The van der Waals surface area contributed by atoms with Crippen molar-refractivity contribution in [2.24, 2.45) is 0 Å². The van der Waals surface area contributed by atoms with Crippen LogP contribution in [0.3, 0.4) is 0 Å². The fraction of sp³-hybridized carbons (Fsp3) is 0.389. The summed E-state index contributed by atoms with van der Waals surface area (Å²) in [6, 6.07) is 10.9. The van der Waals surface area contributed by atoms with Crippen LogP contribution in [0.25, 0.3) is 0 Å². The van der Waals surface area contributed by atoms with E-state index in [0.717, 1.165) is 18.8 Å². The largest absolute Gasteiger partial charge is 0.484 e. The molecule has 0 radical (unpaired) electrons. The zero-order valence-corrected chi connectivity index (χ0v) is 14.2. The number of carbonyl (C=O) groups excluding carboxylic acids is 1. The third kappa shape index (κ3) is 4.52. The molecule has 1 fully saturated rings. The molecule has 1 amide bonds. The Bertz CT molecular complexity index is 637. The van der Waals surface area contributed by atoms with Crippen molar-refractivity contribution in [3.8, 4) is 5.75 Å². The summed E-state index contributed by atoms with van der Waals surface area (Å²) in [7, 11) is 0. The topological polar surface area (TPSA) is 54.7 Å². The minimum Gasteiger partial charge on any atom is -0.484 e. The Balaban J connectivity index is 1.50. The van der Waals surface area contributed by atoms with Crippen molar-refractivity contribution in [1.82, 2.24) is 10.2 Å². The van der Waals surface area contributed by atoms with Crippen LogP contribution < -0.4 is 10.1 Å². The molecule has 1 aromatic heterocycles. The van der Waals surface area contributed by atoms with Gasteiger partial charge in [0.2, 0.25) is 0 Å². The number of likely N-dealkylation sites (tertiary alicyclic amines) is 1. The van der Waals surface area contributed by atoms with Crippen molar-refractivity contribution in [3.05, 3.63) is 53.4 Å². The molecule has 128 valence electrons. The molecule has 1 aromatic carbocycles. The summed E-state index contributed by atoms with van der Waals surface area (Å²) in [6.45, 7) is 2.55. The van der Waals surface area contributed by atoms with Gasteiger partial charge in [-0.15, -0.1) is 0 Å². The molecule has 1 saturated heterocycles. The molecule has 2 aromatic rings. The number of ether oxygens (including phenoxy) is 1. The van der Waals surface area contributed by atoms with E-state index in [4.69, 9.17) is 20.8 Å². The van der Waals surface area contributed by atoms with Crippen molar-refractivity contribution in [3.63, 3.8) is 0 Å². The van der Waals surface area contributed by atoms with Crippen molar-refractivity contribution < 1.29 is 13.9 Å². The number of hydrogen-bond donors (Lipinski definition) is 1. The molecule has 0 bridgehead atoms. The van der Waals surface area contributed by atoms with Gasteiger partial charge >= 0.3 is 0 Å². The van der Waals surface area contributed by atoms with E-state index in [2.05, 4.69) is 10.2 Å². The maximum Gasteiger partial charge on any atom is 0.258 e. The molecular weight excluding hydrogens is 328 g/mol. The lowest BCUT2D eigenvalue weighted by atomic mass is 10.2. The lowest BCUT2D eigenvalue weighted by Crippen LogP contribution is -2.38. The molecule has 0 aliphatic carbocycles. The molecule has 1 N–H and O–H groups in total. The maximum absolute atomic E-state index is 12.1. The molecule has 2 heterocycles. The Morgan fingerprint density at radius 3 is 2.67 bits per heavy atom. The van der Waals surface area contributed by atoms with E-state index in [0.29, 0.717) is 17.3 Å². The highest BCUT2D eigenvalue weighted by Crippen LogP contribution is 2.24. The number of carbonyl (C=O) groups is 1. The fourth-order valence-electron chi connectivity index (χ4n) is 2.89. The molecule has 5 nitrogen and oxygen atoms in total. The smallest absolute Gasteiger partial charge is 0.258 e. The van der Waals surface area contributed by atoms with Crippen LogP contribution in [0.5, 0.6) is 5.75 Å². The minimum atomic E-state index is -0.152. The Morgan fingerprint density at radius 2 is 2.00 bits per heavy atom. The van der Waals surface area contributed by atoms with Crippen LogP contribution >= 0.6 is 11.6 Å². The Labute approximate surface area is 146 Å². The SMILES string of the molecule is O=C(COc1ccc(Cl)cc1)NC[C@H](c1ccco1)N1CCCC1. The zero-order chi connectivity index (χ0) is 16.8. The van der Waals surface area contributed by atoms with Gasteiger partial charge in [-0.05, 0) is 62.3 Å². The predicted octanol–water partition coefficient (Wildman–Crippen LogP) is 3.27. The van der Waals surface area contributed by atoms with Gasteiger partial charge in [0.05, 0.1) is 12.3 Å². The van der Waals surface area contributed by atoms with Crippen molar-refractivity contribution in [2.45, 2.75) is 18.9 Å². The Hall–Kier alpha value is -1.98. The average molecular weight is 349 g/mol. The molecular formula is C18H21ClN2O3. The Morgan fingerprint density at radius 1 is 1.25 bits per heavy atom. The molecule has 24 heavy (non-hydrogen) atoms. The summed E-state index contributed by atoms with van der Waals surface area (Å²) in [5, 5.41) is 3.58. The van der Waals surface area contributed by atoms with E-state index in [1.807, 2.05) is 12.1 Å². The quantitative estimate of drug-likeness (QED) is 0.834. The first kappa shape index (κ1) is 16.9. The van der Waals surface area contributed by atoms with Crippen LogP contribution in [0.15, 0.2) is 47.1 Å². The highest BCUT2D eigenvalue weighted by Gasteiger charge is 2.25. The molecule has 3 rings (SSSR count). The van der Waals surface area contributed by atoms with Crippen molar-refractivity contribution in [2.75, 3.05) is 26.2 Å². The highest BCUT2D eigenvalue weighted by molar-refractivity contribution is 6.30. The Kier molecular flexibility index (Phi) is 5.77. The second-order valence-corrected chi connectivity index (χ2v) is 6.26. The summed E-state index contributed by atoms with van der Waals surface area (Å²) in [5.41, 5.74) is 0. The molecule has 6 heteroatoms. The third-order valence-electron chi connectivity index (χ3n) is 4.13. The van der Waals surface area contributed by atoms with Gasteiger partial charge in [-0.2, -0.15) is 0 Å². The lowest BCUT2D eigenvalue weighted by Gasteiger charge is -2.26. The number of furan rings is 1. The summed E-state index contributed by atoms with van der Waals surface area (Å²) in [4.78, 5) is 14.4. The van der Waals surface area contributed by atoms with Gasteiger partial charge in [-0.25, -0.2) is 0 Å². The van der Waals surface area contributed by atoms with Gasteiger partial charge in [0.15, 0.2) is 6.61 Å². The monoisotopic (exact) mass is 348 g/mol. The van der Waals surface area contributed by atoms with Crippen LogP contribution in [0.1, 0.15) is 24.6 Å². The van der Waals surface area contributed by atoms with Crippen LogP contribution in [0, 0.1) is 0 Å². The second-order valence-electron chi connectivity index (χ2n) is 5.82. The molecule has 1 aliphatic heterocycles. The van der Waals surface area contributed by atoms with E-state index in [1.54, 1.807) is 30.5 Å². The molecule has 1 aliphatic rings. The van der Waals surface area contributed by atoms with Gasteiger partial charge in [0.25, 0.3) is 5.91 Å². The molecule has 0 spiro atoms. The summed E-state index contributed by atoms with van der Waals surface area (Å²) in [5.74, 6) is 1.35. The zero-order valence-electron chi connectivity index (χ0n) is 13.4. The molecule has 0 saturated carbocycles. The van der Waals surface area contributed by atoms with Crippen LogP contribution in [0.2, 0.25) is 5.02 Å². The number of hydrogen-bond acceptors (Lipinski definition) is 4. The van der Waals surface area contributed by atoms with Crippen molar-refractivity contribution >= 4 is 17.5 Å². The van der Waals surface area contributed by atoms with Crippen molar-refractivity contribution in [1.29, 1.82) is 0 Å². The first-order valence-electron chi connectivity index (χ1n) is 8.15. The van der Waals surface area contributed by atoms with Crippen LogP contribution in [0.4, 0.5) is 0 Å². The number of nitrogens with zero attached hydrogens (tertiary/aromatic N) is 1. The fourth-order valence-corrected chi connectivity index (χ4v) is 3.01. The number of nitrogens with one attached hydrogen (secondary N) is 1. The highest BCUT2D eigenvalue weighted by atomic mass is 35.5. The number of amides is 1. The van der Waals surface area contributed by atoms with Crippen LogP contribution in [-0.4, -0.2) is 37.0 Å². The lowest BCUT2D eigenvalue weighted by molar-refractivity contribution is -0.123. The van der Waals surface area contributed by atoms with Crippen LogP contribution in [-0.2, 0) is 4.79 Å².